The van der Waals surface area contributed by atoms with Gasteiger partial charge in [-0.15, -0.1) is 0 Å². The molecule has 0 fully saturated rings. The monoisotopic (exact) mass is 232 g/mol. The van der Waals surface area contributed by atoms with E-state index in [0.29, 0.717) is 12.5 Å². The van der Waals surface area contributed by atoms with Crippen LogP contribution >= 0.6 is 0 Å². The van der Waals surface area contributed by atoms with E-state index in [4.69, 9.17) is 14.9 Å². The normalized spacial score (nSPS) is 15.4. The molecule has 0 aliphatic heterocycles. The third kappa shape index (κ3) is 10.4. The Labute approximate surface area is 99.8 Å². The van der Waals surface area contributed by atoms with Crippen molar-refractivity contribution in [3.63, 3.8) is 0 Å². The maximum Gasteiger partial charge on any atom is 0.100 e. The lowest BCUT2D eigenvalue weighted by Gasteiger charge is -2.13. The number of aliphatic hydroxyl groups excluding tert-OH is 2. The lowest BCUT2D eigenvalue weighted by Crippen LogP contribution is -2.20. The van der Waals surface area contributed by atoms with Crippen LogP contribution in [0.2, 0.25) is 0 Å². The second-order valence-electron chi connectivity index (χ2n) is 5.13. The summed E-state index contributed by atoms with van der Waals surface area (Å²) in [7, 11) is 0. The maximum atomic E-state index is 9.05. The van der Waals surface area contributed by atoms with Gasteiger partial charge in [0.2, 0.25) is 0 Å². The summed E-state index contributed by atoms with van der Waals surface area (Å²) in [6, 6.07) is 0. The van der Waals surface area contributed by atoms with Crippen LogP contribution < -0.4 is 0 Å². The van der Waals surface area contributed by atoms with Crippen molar-refractivity contribution in [3.8, 4) is 0 Å². The Morgan fingerprint density at radius 2 is 1.75 bits per heavy atom. The topological polar surface area (TPSA) is 49.7 Å². The first-order valence-corrected chi connectivity index (χ1v) is 6.43. The van der Waals surface area contributed by atoms with Gasteiger partial charge >= 0.3 is 0 Å². The molecule has 3 nitrogen and oxygen atoms in total. The van der Waals surface area contributed by atoms with Crippen molar-refractivity contribution >= 4 is 0 Å². The molecule has 0 aliphatic rings. The molecule has 0 aliphatic carbocycles. The van der Waals surface area contributed by atoms with Gasteiger partial charge < -0.3 is 14.9 Å². The number of ether oxygens (including phenoxy) is 1. The highest BCUT2D eigenvalue weighted by molar-refractivity contribution is 4.56. The minimum absolute atomic E-state index is 0.218. The van der Waals surface area contributed by atoms with E-state index >= 15 is 0 Å². The lowest BCUT2D eigenvalue weighted by atomic mass is 9.98. The van der Waals surface area contributed by atoms with E-state index in [1.54, 1.807) is 0 Å². The van der Waals surface area contributed by atoms with Gasteiger partial charge in [-0.25, -0.2) is 0 Å². The molecule has 0 amide bonds. The predicted octanol–water partition coefficient (Wildman–Crippen LogP) is 2.21. The molecule has 2 N–H and O–H groups in total. The van der Waals surface area contributed by atoms with Crippen molar-refractivity contribution in [1.82, 2.24) is 0 Å². The maximum absolute atomic E-state index is 9.05. The third-order valence-electron chi connectivity index (χ3n) is 2.75. The largest absolute Gasteiger partial charge is 0.394 e. The van der Waals surface area contributed by atoms with E-state index in [0.717, 1.165) is 12.3 Å². The van der Waals surface area contributed by atoms with Crippen LogP contribution in [0.25, 0.3) is 0 Å². The minimum atomic E-state index is -0.726. The molecule has 0 aromatic heterocycles. The van der Waals surface area contributed by atoms with Crippen molar-refractivity contribution < 1.29 is 14.9 Å². The molecule has 2 unspecified atom stereocenters. The summed E-state index contributed by atoms with van der Waals surface area (Å²) in [5.74, 6) is 1.48. The highest BCUT2D eigenvalue weighted by Gasteiger charge is 2.05. The summed E-state index contributed by atoms with van der Waals surface area (Å²) in [6.07, 6.45) is 4.16. The number of hydrogen-bond donors (Lipinski definition) is 2. The van der Waals surface area contributed by atoms with E-state index < -0.39 is 6.10 Å². The molecule has 0 aromatic carbocycles. The molecule has 0 radical (unpaired) electrons. The van der Waals surface area contributed by atoms with Gasteiger partial charge in [0.1, 0.15) is 6.10 Å². The van der Waals surface area contributed by atoms with E-state index in [2.05, 4.69) is 20.8 Å². The minimum Gasteiger partial charge on any atom is -0.394 e. The van der Waals surface area contributed by atoms with Crippen LogP contribution in [0.5, 0.6) is 0 Å². The summed E-state index contributed by atoms with van der Waals surface area (Å²) in [5, 5.41) is 17.6. The SMILES string of the molecule is CC(C)CCCC(C)CCOCC(O)CO. The van der Waals surface area contributed by atoms with Gasteiger partial charge in [-0.3, -0.25) is 0 Å². The van der Waals surface area contributed by atoms with E-state index in [1.807, 2.05) is 0 Å². The first-order chi connectivity index (χ1) is 7.56. The Bertz CT molecular complexity index is 148. The van der Waals surface area contributed by atoms with Crippen LogP contribution in [-0.4, -0.2) is 36.1 Å². The van der Waals surface area contributed by atoms with Gasteiger partial charge in [0, 0.05) is 6.61 Å². The van der Waals surface area contributed by atoms with Gasteiger partial charge in [-0.2, -0.15) is 0 Å². The fourth-order valence-corrected chi connectivity index (χ4v) is 1.58. The zero-order valence-corrected chi connectivity index (χ0v) is 11.0. The average molecular weight is 232 g/mol. The molecule has 16 heavy (non-hydrogen) atoms. The Balaban J connectivity index is 3.26. The van der Waals surface area contributed by atoms with Gasteiger partial charge in [-0.1, -0.05) is 40.0 Å². The molecule has 2 atom stereocenters. The smallest absolute Gasteiger partial charge is 0.100 e. The van der Waals surface area contributed by atoms with Crippen molar-refractivity contribution in [2.24, 2.45) is 11.8 Å². The van der Waals surface area contributed by atoms with Crippen LogP contribution in [0.1, 0.15) is 46.5 Å². The number of hydrogen-bond acceptors (Lipinski definition) is 3. The highest BCUT2D eigenvalue weighted by Crippen LogP contribution is 2.15. The van der Waals surface area contributed by atoms with Gasteiger partial charge in [-0.05, 0) is 18.3 Å². The summed E-state index contributed by atoms with van der Waals surface area (Å²) >= 11 is 0. The van der Waals surface area contributed by atoms with Crippen molar-refractivity contribution in [2.75, 3.05) is 19.8 Å². The second-order valence-corrected chi connectivity index (χ2v) is 5.13. The number of aliphatic hydroxyl groups is 2. The van der Waals surface area contributed by atoms with E-state index in [-0.39, 0.29) is 13.2 Å². The molecule has 0 aromatic rings. The predicted molar refractivity (Wildman–Crippen MR) is 66.4 cm³/mol. The summed E-state index contributed by atoms with van der Waals surface area (Å²) < 4.78 is 5.27. The Morgan fingerprint density at radius 1 is 1.06 bits per heavy atom. The zero-order chi connectivity index (χ0) is 12.4. The summed E-state index contributed by atoms with van der Waals surface area (Å²) in [6.45, 7) is 7.46. The van der Waals surface area contributed by atoms with Crippen molar-refractivity contribution in [2.45, 2.75) is 52.6 Å². The lowest BCUT2D eigenvalue weighted by molar-refractivity contribution is 0.00294. The highest BCUT2D eigenvalue weighted by atomic mass is 16.5. The number of rotatable bonds is 10. The molecule has 0 saturated carbocycles. The quantitative estimate of drug-likeness (QED) is 0.568. The van der Waals surface area contributed by atoms with Crippen LogP contribution in [0.4, 0.5) is 0 Å². The Kier molecular flexibility index (Phi) is 9.99. The molecule has 0 bridgehead atoms. The third-order valence-corrected chi connectivity index (χ3v) is 2.75. The second kappa shape index (κ2) is 10.1. The fraction of sp³-hybridized carbons (Fsp3) is 1.00. The Hall–Kier alpha value is -0.120. The van der Waals surface area contributed by atoms with E-state index in [9.17, 15) is 0 Å². The summed E-state index contributed by atoms with van der Waals surface area (Å²) in [4.78, 5) is 0. The van der Waals surface area contributed by atoms with Crippen molar-refractivity contribution in [3.05, 3.63) is 0 Å². The molecule has 0 rings (SSSR count). The first-order valence-electron chi connectivity index (χ1n) is 6.43. The van der Waals surface area contributed by atoms with Gasteiger partial charge in [0.05, 0.1) is 13.2 Å². The zero-order valence-electron chi connectivity index (χ0n) is 11.0. The molecule has 3 heteroatoms. The van der Waals surface area contributed by atoms with Gasteiger partial charge in [0.25, 0.3) is 0 Å². The molecular weight excluding hydrogens is 204 g/mol. The van der Waals surface area contributed by atoms with Crippen LogP contribution in [0.3, 0.4) is 0 Å². The fourth-order valence-electron chi connectivity index (χ4n) is 1.58. The molecule has 98 valence electrons. The standard InChI is InChI=1S/C13H28O3/c1-11(2)5-4-6-12(3)7-8-16-10-13(15)9-14/h11-15H,4-10H2,1-3H3. The van der Waals surface area contributed by atoms with E-state index in [1.165, 1.54) is 19.3 Å². The Morgan fingerprint density at radius 3 is 2.31 bits per heavy atom. The van der Waals surface area contributed by atoms with Crippen molar-refractivity contribution in [1.29, 1.82) is 0 Å². The molecular formula is C13H28O3. The first kappa shape index (κ1) is 15.9. The summed E-state index contributed by atoms with van der Waals surface area (Å²) in [5.41, 5.74) is 0. The van der Waals surface area contributed by atoms with Crippen LogP contribution in [0.15, 0.2) is 0 Å². The molecule has 0 heterocycles. The van der Waals surface area contributed by atoms with Crippen LogP contribution in [0, 0.1) is 11.8 Å². The van der Waals surface area contributed by atoms with Crippen LogP contribution in [-0.2, 0) is 4.74 Å². The van der Waals surface area contributed by atoms with Gasteiger partial charge in [0.15, 0.2) is 0 Å². The molecule has 0 saturated heterocycles. The molecule has 0 spiro atoms. The average Bonchev–Trinajstić information content (AvgIpc) is 2.23.